The van der Waals surface area contributed by atoms with Gasteiger partial charge in [-0.05, 0) is 35.0 Å². The lowest BCUT2D eigenvalue weighted by Crippen LogP contribution is -2.30. The lowest BCUT2D eigenvalue weighted by Gasteiger charge is -2.16. The third-order valence-electron chi connectivity index (χ3n) is 4.84. The van der Waals surface area contributed by atoms with Gasteiger partial charge in [0.1, 0.15) is 5.82 Å². The van der Waals surface area contributed by atoms with Gasteiger partial charge in [0, 0.05) is 24.2 Å². The molecule has 3 aromatic rings. The highest BCUT2D eigenvalue weighted by Gasteiger charge is 2.35. The van der Waals surface area contributed by atoms with Crippen LogP contribution in [-0.4, -0.2) is 24.6 Å². The zero-order valence-electron chi connectivity index (χ0n) is 15.0. The van der Waals surface area contributed by atoms with Gasteiger partial charge in [-0.2, -0.15) is 5.10 Å². The van der Waals surface area contributed by atoms with E-state index in [1.807, 2.05) is 42.5 Å². The van der Waals surface area contributed by atoms with E-state index < -0.39 is 5.92 Å². The van der Waals surface area contributed by atoms with Gasteiger partial charge in [-0.15, -0.1) is 0 Å². The van der Waals surface area contributed by atoms with Crippen molar-refractivity contribution in [2.24, 2.45) is 11.0 Å². The average molecular weight is 375 g/mol. The van der Waals surface area contributed by atoms with Crippen LogP contribution in [0.2, 0.25) is 0 Å². The predicted molar refractivity (Wildman–Crippen MR) is 107 cm³/mol. The van der Waals surface area contributed by atoms with Gasteiger partial charge in [0.2, 0.25) is 11.8 Å². The smallest absolute Gasteiger partial charge is 0.245 e. The van der Waals surface area contributed by atoms with Gasteiger partial charge in [0.05, 0.1) is 12.1 Å². The van der Waals surface area contributed by atoms with E-state index in [0.29, 0.717) is 5.69 Å². The van der Waals surface area contributed by atoms with Crippen molar-refractivity contribution in [2.45, 2.75) is 6.42 Å². The summed E-state index contributed by atoms with van der Waals surface area (Å²) < 4.78 is 13.1. The Hall–Kier alpha value is -3.54. The minimum absolute atomic E-state index is 0.104. The average Bonchev–Trinajstić information content (AvgIpc) is 3.10. The maximum absolute atomic E-state index is 13.1. The van der Waals surface area contributed by atoms with Crippen LogP contribution >= 0.6 is 0 Å². The van der Waals surface area contributed by atoms with Crippen molar-refractivity contribution in [3.63, 3.8) is 0 Å². The number of nitrogens with zero attached hydrogens (tertiary/aromatic N) is 2. The molecular formula is C22H18FN3O2. The highest BCUT2D eigenvalue weighted by atomic mass is 19.1. The monoisotopic (exact) mass is 375 g/mol. The molecule has 1 unspecified atom stereocenters. The molecule has 0 aliphatic carbocycles. The maximum atomic E-state index is 13.1. The predicted octanol–water partition coefficient (Wildman–Crippen LogP) is 3.48. The molecule has 0 saturated carbocycles. The number of benzene rings is 3. The fraction of sp³-hybridized carbons (Fsp3) is 0.136. The quantitative estimate of drug-likeness (QED) is 0.561. The summed E-state index contributed by atoms with van der Waals surface area (Å²) in [4.78, 5) is 26.1. The molecule has 0 radical (unpaired) electrons. The summed E-state index contributed by atoms with van der Waals surface area (Å²) in [5.74, 6) is -1.34. The van der Waals surface area contributed by atoms with Crippen molar-refractivity contribution in [3.05, 3.63) is 78.1 Å². The number of carbonyl (C=O) groups is 2. The zero-order chi connectivity index (χ0) is 19.5. The molecule has 1 saturated heterocycles. The molecule has 1 heterocycles. The Labute approximate surface area is 161 Å². The van der Waals surface area contributed by atoms with E-state index in [1.165, 1.54) is 29.2 Å². The molecule has 1 aliphatic rings. The number of halogens is 1. The second-order valence-electron chi connectivity index (χ2n) is 6.68. The van der Waals surface area contributed by atoms with Crippen LogP contribution in [0.15, 0.2) is 71.8 Å². The van der Waals surface area contributed by atoms with Crippen molar-refractivity contribution >= 4 is 34.5 Å². The van der Waals surface area contributed by atoms with E-state index in [4.69, 9.17) is 0 Å². The molecule has 6 heteroatoms. The van der Waals surface area contributed by atoms with Gasteiger partial charge in [0.15, 0.2) is 0 Å². The Balaban J connectivity index is 1.42. The Bertz CT molecular complexity index is 1060. The van der Waals surface area contributed by atoms with E-state index in [2.05, 4.69) is 10.5 Å². The molecule has 0 spiro atoms. The van der Waals surface area contributed by atoms with Gasteiger partial charge in [-0.1, -0.05) is 42.5 Å². The number of anilines is 1. The van der Waals surface area contributed by atoms with Crippen LogP contribution in [-0.2, 0) is 9.59 Å². The minimum atomic E-state index is -0.498. The molecule has 2 amide bonds. The molecule has 140 valence electrons. The first-order valence-electron chi connectivity index (χ1n) is 8.98. The molecule has 0 aromatic heterocycles. The summed E-state index contributed by atoms with van der Waals surface area (Å²) in [5, 5.41) is 6.20. The fourth-order valence-electron chi connectivity index (χ4n) is 3.37. The first kappa shape index (κ1) is 17.9. The van der Waals surface area contributed by atoms with Crippen LogP contribution in [0.3, 0.4) is 0 Å². The SMILES string of the molecule is O=C(NN=Cc1cccc2ccccc12)C1CC(=O)N(c2ccc(F)cc2)C1. The van der Waals surface area contributed by atoms with E-state index in [9.17, 15) is 14.0 Å². The van der Waals surface area contributed by atoms with Crippen LogP contribution in [0, 0.1) is 11.7 Å². The molecule has 1 atom stereocenters. The van der Waals surface area contributed by atoms with Gasteiger partial charge in [0.25, 0.3) is 0 Å². The van der Waals surface area contributed by atoms with Crippen molar-refractivity contribution in [3.8, 4) is 0 Å². The van der Waals surface area contributed by atoms with Crippen LogP contribution in [0.25, 0.3) is 10.8 Å². The number of carbonyl (C=O) groups excluding carboxylic acids is 2. The van der Waals surface area contributed by atoms with Gasteiger partial charge < -0.3 is 4.90 Å². The Morgan fingerprint density at radius 1 is 1.07 bits per heavy atom. The number of hydrogen-bond donors (Lipinski definition) is 1. The summed E-state index contributed by atoms with van der Waals surface area (Å²) in [6.45, 7) is 0.250. The Kier molecular flexibility index (Phi) is 4.85. The molecule has 0 bridgehead atoms. The molecule has 1 fully saturated rings. The molecular weight excluding hydrogens is 357 g/mol. The number of fused-ring (bicyclic) bond motifs is 1. The minimum Gasteiger partial charge on any atom is -0.312 e. The Morgan fingerprint density at radius 3 is 2.64 bits per heavy atom. The standard InChI is InChI=1S/C22H18FN3O2/c23-18-8-10-19(11-9-18)26-14-17(12-21(26)27)22(28)25-24-13-16-6-3-5-15-4-1-2-7-20(15)16/h1-11,13,17H,12,14H2,(H,25,28). The molecule has 5 nitrogen and oxygen atoms in total. The molecule has 3 aromatic carbocycles. The molecule has 1 aliphatic heterocycles. The number of amides is 2. The molecule has 1 N–H and O–H groups in total. The van der Waals surface area contributed by atoms with Gasteiger partial charge >= 0.3 is 0 Å². The third kappa shape index (κ3) is 3.62. The van der Waals surface area contributed by atoms with Crippen molar-refractivity contribution in [2.75, 3.05) is 11.4 Å². The summed E-state index contributed by atoms with van der Waals surface area (Å²) in [5.41, 5.74) is 4.01. The highest BCUT2D eigenvalue weighted by Crippen LogP contribution is 2.25. The van der Waals surface area contributed by atoms with E-state index in [1.54, 1.807) is 6.21 Å². The third-order valence-corrected chi connectivity index (χ3v) is 4.84. The second kappa shape index (κ2) is 7.60. The normalized spacial score (nSPS) is 16.8. The van der Waals surface area contributed by atoms with E-state index >= 15 is 0 Å². The van der Waals surface area contributed by atoms with E-state index in [-0.39, 0.29) is 30.6 Å². The summed E-state index contributed by atoms with van der Waals surface area (Å²) in [7, 11) is 0. The van der Waals surface area contributed by atoms with Crippen molar-refractivity contribution in [1.29, 1.82) is 0 Å². The zero-order valence-corrected chi connectivity index (χ0v) is 15.0. The lowest BCUT2D eigenvalue weighted by atomic mass is 10.1. The van der Waals surface area contributed by atoms with Crippen molar-refractivity contribution < 1.29 is 14.0 Å². The maximum Gasteiger partial charge on any atom is 0.245 e. The number of hydrogen-bond acceptors (Lipinski definition) is 3. The fourth-order valence-corrected chi connectivity index (χ4v) is 3.37. The Morgan fingerprint density at radius 2 is 1.82 bits per heavy atom. The number of rotatable bonds is 4. The van der Waals surface area contributed by atoms with Gasteiger partial charge in [-0.3, -0.25) is 9.59 Å². The number of hydrazone groups is 1. The molecule has 4 rings (SSSR count). The van der Waals surface area contributed by atoms with Crippen LogP contribution in [0.1, 0.15) is 12.0 Å². The summed E-state index contributed by atoms with van der Waals surface area (Å²) in [6.07, 6.45) is 1.71. The van der Waals surface area contributed by atoms with Gasteiger partial charge in [-0.25, -0.2) is 9.82 Å². The van der Waals surface area contributed by atoms with Crippen molar-refractivity contribution in [1.82, 2.24) is 5.43 Å². The first-order chi connectivity index (χ1) is 13.6. The topological polar surface area (TPSA) is 61.8 Å². The molecule has 28 heavy (non-hydrogen) atoms. The summed E-state index contributed by atoms with van der Waals surface area (Å²) in [6, 6.07) is 19.5. The largest absolute Gasteiger partial charge is 0.312 e. The highest BCUT2D eigenvalue weighted by molar-refractivity contribution is 6.01. The van der Waals surface area contributed by atoms with Crippen LogP contribution in [0.5, 0.6) is 0 Å². The van der Waals surface area contributed by atoms with Crippen LogP contribution in [0.4, 0.5) is 10.1 Å². The number of nitrogens with one attached hydrogen (secondary N) is 1. The van der Waals surface area contributed by atoms with E-state index in [0.717, 1.165) is 16.3 Å². The lowest BCUT2D eigenvalue weighted by molar-refractivity contribution is -0.126. The first-order valence-corrected chi connectivity index (χ1v) is 8.98. The second-order valence-corrected chi connectivity index (χ2v) is 6.68. The van der Waals surface area contributed by atoms with Crippen LogP contribution < -0.4 is 10.3 Å². The summed E-state index contributed by atoms with van der Waals surface area (Å²) >= 11 is 0.